The Balaban J connectivity index is 2.15. The average Bonchev–Trinajstić information content (AvgIpc) is 2.50. The SMILES string of the molecule is [2H]c1c([2H])c(N2CCN(C(=O)OC(C)(C)C)CC2)c(F)c([2H])c1Br. The zero-order valence-corrected chi connectivity index (χ0v) is 13.9. The summed E-state index contributed by atoms with van der Waals surface area (Å²) in [5.41, 5.74) is -0.641. The van der Waals surface area contributed by atoms with Crippen molar-refractivity contribution in [2.24, 2.45) is 0 Å². The van der Waals surface area contributed by atoms with Crippen molar-refractivity contribution < 1.29 is 18.0 Å². The van der Waals surface area contributed by atoms with Crippen LogP contribution in [-0.4, -0.2) is 42.8 Å². The highest BCUT2D eigenvalue weighted by molar-refractivity contribution is 9.10. The minimum Gasteiger partial charge on any atom is -0.444 e. The van der Waals surface area contributed by atoms with Crippen LogP contribution in [0.4, 0.5) is 14.9 Å². The van der Waals surface area contributed by atoms with Crippen LogP contribution in [0.1, 0.15) is 24.9 Å². The minimum absolute atomic E-state index is 0.0267. The molecular formula is C15H20BrFN2O2. The molecule has 1 amide bonds. The molecule has 1 heterocycles. The molecule has 4 nitrogen and oxygen atoms in total. The predicted molar refractivity (Wildman–Crippen MR) is 84.1 cm³/mol. The summed E-state index contributed by atoms with van der Waals surface area (Å²) in [4.78, 5) is 15.2. The molecule has 1 saturated heterocycles. The van der Waals surface area contributed by atoms with Crippen LogP contribution in [0.15, 0.2) is 22.6 Å². The molecule has 0 aromatic heterocycles. The summed E-state index contributed by atoms with van der Waals surface area (Å²) in [7, 11) is 0. The third kappa shape index (κ3) is 4.33. The first-order valence-corrected chi connectivity index (χ1v) is 7.50. The molecule has 1 aromatic carbocycles. The van der Waals surface area contributed by atoms with Gasteiger partial charge < -0.3 is 14.5 Å². The van der Waals surface area contributed by atoms with Crippen molar-refractivity contribution >= 4 is 27.7 Å². The Morgan fingerprint density at radius 3 is 2.52 bits per heavy atom. The average molecular weight is 362 g/mol. The third-order valence-corrected chi connectivity index (χ3v) is 3.36. The highest BCUT2D eigenvalue weighted by Crippen LogP contribution is 2.24. The number of hydrogen-bond donors (Lipinski definition) is 0. The first kappa shape index (κ1) is 12.3. The van der Waals surface area contributed by atoms with Gasteiger partial charge in [-0.05, 0) is 38.9 Å². The molecule has 0 aliphatic carbocycles. The van der Waals surface area contributed by atoms with E-state index in [1.54, 1.807) is 25.7 Å². The van der Waals surface area contributed by atoms with Crippen molar-refractivity contribution in [1.29, 1.82) is 0 Å². The monoisotopic (exact) mass is 361 g/mol. The highest BCUT2D eigenvalue weighted by atomic mass is 79.9. The molecule has 1 fully saturated rings. The number of hydrogen-bond acceptors (Lipinski definition) is 3. The number of nitrogens with zero attached hydrogens (tertiary/aromatic N) is 2. The molecule has 0 atom stereocenters. The van der Waals surface area contributed by atoms with E-state index in [1.807, 2.05) is 0 Å². The standard InChI is InChI=1S/C15H20BrFN2O2/c1-15(2,3)21-14(20)19-8-6-18(7-9-19)13-5-4-11(16)10-12(13)17/h4-5,10H,6-9H2,1-3H3/i4D,5D,10D. The van der Waals surface area contributed by atoms with E-state index < -0.39 is 23.6 Å². The maximum Gasteiger partial charge on any atom is 0.410 e. The number of ether oxygens (including phenoxy) is 1. The van der Waals surface area contributed by atoms with Gasteiger partial charge in [-0.2, -0.15) is 0 Å². The Labute approximate surface area is 137 Å². The van der Waals surface area contributed by atoms with Gasteiger partial charge in [0, 0.05) is 30.7 Å². The van der Waals surface area contributed by atoms with Crippen LogP contribution in [0, 0.1) is 5.82 Å². The summed E-state index contributed by atoms with van der Waals surface area (Å²) in [5.74, 6) is -0.825. The molecule has 0 spiro atoms. The summed E-state index contributed by atoms with van der Waals surface area (Å²) in [5, 5.41) is 0. The molecule has 6 heteroatoms. The Hall–Kier alpha value is -1.30. The molecule has 1 aliphatic rings. The number of halogens is 2. The van der Waals surface area contributed by atoms with E-state index in [4.69, 9.17) is 8.85 Å². The third-order valence-electron chi connectivity index (χ3n) is 2.97. The lowest BCUT2D eigenvalue weighted by molar-refractivity contribution is 0.0240. The minimum atomic E-state index is -0.825. The van der Waals surface area contributed by atoms with Crippen molar-refractivity contribution in [3.8, 4) is 0 Å². The Bertz CT molecular complexity index is 630. The number of anilines is 1. The maximum absolute atomic E-state index is 14.4. The van der Waals surface area contributed by atoms with E-state index in [0.717, 1.165) is 0 Å². The quantitative estimate of drug-likeness (QED) is 0.765. The fourth-order valence-electron chi connectivity index (χ4n) is 2.01. The molecule has 0 N–H and O–H groups in total. The molecule has 21 heavy (non-hydrogen) atoms. The van der Waals surface area contributed by atoms with E-state index in [2.05, 4.69) is 15.9 Å². The number of carbonyl (C=O) groups is 1. The van der Waals surface area contributed by atoms with Crippen LogP contribution in [-0.2, 0) is 4.74 Å². The van der Waals surface area contributed by atoms with E-state index in [1.165, 1.54) is 4.90 Å². The van der Waals surface area contributed by atoms with Gasteiger partial charge in [-0.25, -0.2) is 9.18 Å². The highest BCUT2D eigenvalue weighted by Gasteiger charge is 2.26. The number of amides is 1. The van der Waals surface area contributed by atoms with E-state index >= 15 is 0 Å². The van der Waals surface area contributed by atoms with Crippen molar-refractivity contribution in [2.75, 3.05) is 31.1 Å². The fourth-order valence-corrected chi connectivity index (χ4v) is 2.29. The molecule has 2 rings (SSSR count). The number of benzene rings is 1. The van der Waals surface area contributed by atoms with Crippen LogP contribution < -0.4 is 4.90 Å². The summed E-state index contributed by atoms with van der Waals surface area (Å²) >= 11 is 2.97. The Morgan fingerprint density at radius 2 is 1.95 bits per heavy atom. The summed E-state index contributed by atoms with van der Waals surface area (Å²) in [6.45, 7) is 6.63. The van der Waals surface area contributed by atoms with Gasteiger partial charge in [0.2, 0.25) is 0 Å². The second-order valence-electron chi connectivity index (χ2n) is 5.81. The normalized spacial score (nSPS) is 18.0. The van der Waals surface area contributed by atoms with Gasteiger partial charge in [-0.15, -0.1) is 0 Å². The molecule has 116 valence electrons. The van der Waals surface area contributed by atoms with E-state index in [9.17, 15) is 9.18 Å². The fraction of sp³-hybridized carbons (Fsp3) is 0.533. The molecular weight excluding hydrogens is 339 g/mol. The first-order chi connectivity index (χ1) is 11.0. The number of rotatable bonds is 1. The summed E-state index contributed by atoms with van der Waals surface area (Å²) in [6, 6.07) is -0.910. The molecule has 0 radical (unpaired) electrons. The van der Waals surface area contributed by atoms with E-state index in [0.29, 0.717) is 26.2 Å². The van der Waals surface area contributed by atoms with Gasteiger partial charge in [0.15, 0.2) is 0 Å². The van der Waals surface area contributed by atoms with Crippen LogP contribution in [0.25, 0.3) is 0 Å². The van der Waals surface area contributed by atoms with Gasteiger partial charge in [-0.3, -0.25) is 0 Å². The van der Waals surface area contributed by atoms with Gasteiger partial charge in [-0.1, -0.05) is 15.9 Å². The number of carbonyl (C=O) groups excluding carboxylic acids is 1. The molecule has 1 aliphatic heterocycles. The topological polar surface area (TPSA) is 32.8 Å². The van der Waals surface area contributed by atoms with Crippen molar-refractivity contribution in [1.82, 2.24) is 4.90 Å². The van der Waals surface area contributed by atoms with Gasteiger partial charge in [0.1, 0.15) is 11.4 Å². The lowest BCUT2D eigenvalue weighted by Gasteiger charge is -2.36. The number of piperazine rings is 1. The van der Waals surface area contributed by atoms with Crippen molar-refractivity contribution in [2.45, 2.75) is 26.4 Å². The second kappa shape index (κ2) is 6.22. The molecule has 0 bridgehead atoms. The van der Waals surface area contributed by atoms with Crippen LogP contribution in [0.5, 0.6) is 0 Å². The lowest BCUT2D eigenvalue weighted by Crippen LogP contribution is -2.50. The van der Waals surface area contributed by atoms with Crippen molar-refractivity contribution in [3.05, 3.63) is 28.4 Å². The molecule has 1 aromatic rings. The maximum atomic E-state index is 14.4. The summed E-state index contributed by atoms with van der Waals surface area (Å²) in [6.07, 6.45) is -0.424. The lowest BCUT2D eigenvalue weighted by atomic mass is 10.2. The first-order valence-electron chi connectivity index (χ1n) is 8.20. The van der Waals surface area contributed by atoms with Crippen LogP contribution in [0.2, 0.25) is 0 Å². The zero-order valence-electron chi connectivity index (χ0n) is 15.3. The van der Waals surface area contributed by atoms with Gasteiger partial charge in [0.25, 0.3) is 0 Å². The second-order valence-corrected chi connectivity index (χ2v) is 6.60. The largest absolute Gasteiger partial charge is 0.444 e. The summed E-state index contributed by atoms with van der Waals surface area (Å²) < 4.78 is 43.2. The Kier molecular flexibility index (Phi) is 3.63. The Morgan fingerprint density at radius 1 is 1.33 bits per heavy atom. The van der Waals surface area contributed by atoms with Crippen LogP contribution in [0.3, 0.4) is 0 Å². The van der Waals surface area contributed by atoms with Gasteiger partial charge in [0.05, 0.1) is 9.80 Å². The zero-order chi connectivity index (χ0) is 18.2. The van der Waals surface area contributed by atoms with Gasteiger partial charge >= 0.3 is 6.09 Å². The van der Waals surface area contributed by atoms with E-state index in [-0.39, 0.29) is 22.2 Å². The molecule has 0 unspecified atom stereocenters. The predicted octanol–water partition coefficient (Wildman–Crippen LogP) is 3.65. The van der Waals surface area contributed by atoms with Crippen molar-refractivity contribution in [3.63, 3.8) is 0 Å². The smallest absolute Gasteiger partial charge is 0.410 e. The molecule has 0 saturated carbocycles. The van der Waals surface area contributed by atoms with Crippen LogP contribution >= 0.6 is 15.9 Å².